The number of halogens is 2. The van der Waals surface area contributed by atoms with Gasteiger partial charge in [-0.05, 0) is 19.1 Å². The SMILES string of the molecule is COc1cc(-c2cc(Cn3nc(C(F)F)c(C(N)=O)c3C)on2)cc(OC)c1OC. The average molecular weight is 422 g/mol. The van der Waals surface area contributed by atoms with Gasteiger partial charge in [-0.25, -0.2) is 8.78 Å². The molecule has 0 fully saturated rings. The summed E-state index contributed by atoms with van der Waals surface area (Å²) in [5, 5.41) is 7.82. The zero-order chi connectivity index (χ0) is 22.0. The largest absolute Gasteiger partial charge is 0.493 e. The lowest BCUT2D eigenvalue weighted by Crippen LogP contribution is -2.14. The van der Waals surface area contributed by atoms with E-state index in [1.807, 2.05) is 0 Å². The first kappa shape index (κ1) is 21.1. The number of alkyl halides is 2. The number of benzene rings is 1. The molecule has 3 rings (SSSR count). The Morgan fingerprint density at radius 3 is 2.27 bits per heavy atom. The van der Waals surface area contributed by atoms with Gasteiger partial charge in [0.1, 0.15) is 17.9 Å². The van der Waals surface area contributed by atoms with Crippen LogP contribution in [0.3, 0.4) is 0 Å². The molecule has 0 aliphatic heterocycles. The highest BCUT2D eigenvalue weighted by molar-refractivity contribution is 5.95. The smallest absolute Gasteiger partial charge is 0.282 e. The zero-order valence-electron chi connectivity index (χ0n) is 16.7. The minimum Gasteiger partial charge on any atom is -0.493 e. The molecule has 1 amide bonds. The third kappa shape index (κ3) is 3.78. The molecule has 0 saturated heterocycles. The van der Waals surface area contributed by atoms with Gasteiger partial charge < -0.3 is 24.5 Å². The summed E-state index contributed by atoms with van der Waals surface area (Å²) >= 11 is 0. The Hall–Kier alpha value is -3.63. The average Bonchev–Trinajstić information content (AvgIpc) is 3.32. The van der Waals surface area contributed by atoms with Crippen LogP contribution in [0.25, 0.3) is 11.3 Å². The number of hydrogen-bond donors (Lipinski definition) is 1. The summed E-state index contributed by atoms with van der Waals surface area (Å²) in [6.45, 7) is 1.46. The Labute approximate surface area is 170 Å². The van der Waals surface area contributed by atoms with Gasteiger partial charge in [-0.15, -0.1) is 0 Å². The molecule has 9 nitrogen and oxygen atoms in total. The summed E-state index contributed by atoms with van der Waals surface area (Å²) in [6.07, 6.45) is -2.93. The lowest BCUT2D eigenvalue weighted by molar-refractivity contribution is 0.0984. The highest BCUT2D eigenvalue weighted by Gasteiger charge is 2.26. The molecule has 0 saturated carbocycles. The van der Waals surface area contributed by atoms with Crippen molar-refractivity contribution < 1.29 is 32.3 Å². The number of primary amides is 1. The fourth-order valence-corrected chi connectivity index (χ4v) is 3.08. The van der Waals surface area contributed by atoms with Crippen LogP contribution < -0.4 is 19.9 Å². The van der Waals surface area contributed by atoms with Crippen LogP contribution in [-0.2, 0) is 6.54 Å². The van der Waals surface area contributed by atoms with E-state index in [-0.39, 0.29) is 17.8 Å². The maximum atomic E-state index is 13.2. The van der Waals surface area contributed by atoms with E-state index >= 15 is 0 Å². The van der Waals surface area contributed by atoms with Crippen molar-refractivity contribution in [2.75, 3.05) is 21.3 Å². The van der Waals surface area contributed by atoms with Crippen LogP contribution in [0.15, 0.2) is 22.7 Å². The second-order valence-electron chi connectivity index (χ2n) is 6.26. The molecule has 3 aromatic rings. The molecule has 2 heterocycles. The molecule has 0 spiro atoms. The third-order valence-electron chi connectivity index (χ3n) is 4.51. The first-order valence-electron chi connectivity index (χ1n) is 8.71. The van der Waals surface area contributed by atoms with E-state index < -0.39 is 18.0 Å². The Bertz CT molecular complexity index is 1050. The van der Waals surface area contributed by atoms with Gasteiger partial charge in [0.15, 0.2) is 17.3 Å². The number of nitrogens with zero attached hydrogens (tertiary/aromatic N) is 3. The lowest BCUT2D eigenvalue weighted by atomic mass is 10.1. The molecule has 0 radical (unpaired) electrons. The van der Waals surface area contributed by atoms with Crippen molar-refractivity contribution in [2.24, 2.45) is 5.73 Å². The van der Waals surface area contributed by atoms with E-state index in [2.05, 4.69) is 10.3 Å². The summed E-state index contributed by atoms with van der Waals surface area (Å²) in [7, 11) is 4.48. The molecule has 1 aromatic carbocycles. The standard InChI is InChI=1S/C19H20F2N4O5/c1-9-15(19(22)26)16(18(20)21)23-25(9)8-11-7-12(24-30-11)10-5-13(27-2)17(29-4)14(6-10)28-3/h5-7,18H,8H2,1-4H3,(H2,22,26). The summed E-state index contributed by atoms with van der Waals surface area (Å²) in [6, 6.07) is 5.01. The monoisotopic (exact) mass is 422 g/mol. The molecular weight excluding hydrogens is 402 g/mol. The molecular formula is C19H20F2N4O5. The normalized spacial score (nSPS) is 11.0. The van der Waals surface area contributed by atoms with Gasteiger partial charge in [0, 0.05) is 17.3 Å². The van der Waals surface area contributed by atoms with Crippen molar-refractivity contribution in [1.82, 2.24) is 14.9 Å². The van der Waals surface area contributed by atoms with Crippen LogP contribution in [0.4, 0.5) is 8.78 Å². The molecule has 30 heavy (non-hydrogen) atoms. The lowest BCUT2D eigenvalue weighted by Gasteiger charge is -2.13. The summed E-state index contributed by atoms with van der Waals surface area (Å²) in [5.41, 5.74) is 5.56. The molecule has 0 aliphatic carbocycles. The maximum Gasteiger partial charge on any atom is 0.282 e. The number of carbonyl (C=O) groups is 1. The van der Waals surface area contributed by atoms with E-state index in [9.17, 15) is 13.6 Å². The van der Waals surface area contributed by atoms with Gasteiger partial charge >= 0.3 is 0 Å². The van der Waals surface area contributed by atoms with Crippen LogP contribution in [0.5, 0.6) is 17.2 Å². The van der Waals surface area contributed by atoms with Gasteiger partial charge in [-0.3, -0.25) is 9.48 Å². The molecule has 2 aromatic heterocycles. The molecule has 0 bridgehead atoms. The quantitative estimate of drug-likeness (QED) is 0.593. The van der Waals surface area contributed by atoms with Crippen LogP contribution in [0.2, 0.25) is 0 Å². The van der Waals surface area contributed by atoms with Crippen LogP contribution in [-0.4, -0.2) is 42.2 Å². The third-order valence-corrected chi connectivity index (χ3v) is 4.51. The molecule has 2 N–H and O–H groups in total. The number of methoxy groups -OCH3 is 3. The number of rotatable bonds is 8. The van der Waals surface area contributed by atoms with Gasteiger partial charge in [0.05, 0.1) is 26.9 Å². The Morgan fingerprint density at radius 1 is 1.17 bits per heavy atom. The summed E-state index contributed by atoms with van der Waals surface area (Å²) < 4.78 is 48.9. The fraction of sp³-hybridized carbons (Fsp3) is 0.316. The molecule has 0 atom stereocenters. The molecule has 11 heteroatoms. The maximum absolute atomic E-state index is 13.2. The number of aromatic nitrogens is 3. The van der Waals surface area contributed by atoms with Crippen LogP contribution in [0, 0.1) is 6.92 Å². The molecule has 0 aliphatic rings. The predicted octanol–water partition coefficient (Wildman–Crippen LogP) is 2.96. The topological polar surface area (TPSA) is 115 Å². The molecule has 0 unspecified atom stereocenters. The van der Waals surface area contributed by atoms with Crippen molar-refractivity contribution in [3.8, 4) is 28.5 Å². The number of hydrogen-bond acceptors (Lipinski definition) is 7. The second kappa shape index (κ2) is 8.39. The highest BCUT2D eigenvalue weighted by atomic mass is 19.3. The molecule has 160 valence electrons. The van der Waals surface area contributed by atoms with Gasteiger partial charge in [0.2, 0.25) is 5.75 Å². The van der Waals surface area contributed by atoms with Crippen LogP contribution >= 0.6 is 0 Å². The number of ether oxygens (including phenoxy) is 3. The van der Waals surface area contributed by atoms with Gasteiger partial charge in [-0.2, -0.15) is 5.10 Å². The fourth-order valence-electron chi connectivity index (χ4n) is 3.08. The van der Waals surface area contributed by atoms with Crippen molar-refractivity contribution >= 4 is 5.91 Å². The zero-order valence-corrected chi connectivity index (χ0v) is 16.7. The van der Waals surface area contributed by atoms with E-state index in [1.54, 1.807) is 18.2 Å². The van der Waals surface area contributed by atoms with E-state index in [0.29, 0.717) is 34.3 Å². The van der Waals surface area contributed by atoms with E-state index in [1.165, 1.54) is 32.9 Å². The first-order valence-corrected chi connectivity index (χ1v) is 8.71. The van der Waals surface area contributed by atoms with Crippen molar-refractivity contribution in [3.63, 3.8) is 0 Å². The van der Waals surface area contributed by atoms with Crippen LogP contribution in [0.1, 0.15) is 33.9 Å². The minimum atomic E-state index is -2.93. The second-order valence-corrected chi connectivity index (χ2v) is 6.26. The number of nitrogens with two attached hydrogens (primary N) is 1. The number of carbonyl (C=O) groups excluding carboxylic acids is 1. The van der Waals surface area contributed by atoms with Crippen molar-refractivity contribution in [1.29, 1.82) is 0 Å². The highest BCUT2D eigenvalue weighted by Crippen LogP contribution is 2.41. The Balaban J connectivity index is 1.95. The summed E-state index contributed by atoms with van der Waals surface area (Å²) in [5.74, 6) is 0.669. The first-order chi connectivity index (χ1) is 14.3. The minimum absolute atomic E-state index is 0.0176. The summed E-state index contributed by atoms with van der Waals surface area (Å²) in [4.78, 5) is 11.5. The van der Waals surface area contributed by atoms with E-state index in [4.69, 9.17) is 24.5 Å². The van der Waals surface area contributed by atoms with Crippen molar-refractivity contribution in [2.45, 2.75) is 19.9 Å². The van der Waals surface area contributed by atoms with Gasteiger partial charge in [0.25, 0.3) is 12.3 Å². The predicted molar refractivity (Wildman–Crippen MR) is 101 cm³/mol. The Kier molecular flexibility index (Phi) is 5.90. The Morgan fingerprint density at radius 2 is 1.80 bits per heavy atom. The van der Waals surface area contributed by atoms with E-state index in [0.717, 1.165) is 0 Å². The van der Waals surface area contributed by atoms with Crippen molar-refractivity contribution in [3.05, 3.63) is 40.9 Å². The number of amides is 1. The van der Waals surface area contributed by atoms with Gasteiger partial charge in [-0.1, -0.05) is 5.16 Å².